The number of hydrogen-bond donors (Lipinski definition) is 1. The molecule has 1 aliphatic heterocycles. The molecule has 3 rings (SSSR count). The zero-order valence-corrected chi connectivity index (χ0v) is 16.2. The van der Waals surface area contributed by atoms with Gasteiger partial charge in [-0.3, -0.25) is 9.69 Å². The van der Waals surface area contributed by atoms with Crippen LogP contribution in [0, 0.1) is 0 Å². The summed E-state index contributed by atoms with van der Waals surface area (Å²) in [7, 11) is 2.08. The van der Waals surface area contributed by atoms with Crippen molar-refractivity contribution in [3.8, 4) is 0 Å². The van der Waals surface area contributed by atoms with Crippen LogP contribution in [0.3, 0.4) is 0 Å². The standard InChI is InChI=1S/C18H17BrCl2N2O/c1-23-10-12-3-2-4-15(19)14(12)8-13(23)9-22-18(24)11-5-6-16(20)17(21)7-11/h2-7,13H,8-10H2,1H3,(H,22,24)/t13-/m0/s1. The quantitative estimate of drug-likeness (QED) is 0.779. The summed E-state index contributed by atoms with van der Waals surface area (Å²) >= 11 is 15.5. The van der Waals surface area contributed by atoms with Gasteiger partial charge in [-0.2, -0.15) is 0 Å². The number of amides is 1. The van der Waals surface area contributed by atoms with Crippen LogP contribution in [-0.4, -0.2) is 30.4 Å². The van der Waals surface area contributed by atoms with E-state index in [1.165, 1.54) is 11.1 Å². The molecule has 1 heterocycles. The molecule has 0 spiro atoms. The molecule has 1 amide bonds. The van der Waals surface area contributed by atoms with Crippen LogP contribution < -0.4 is 5.32 Å². The highest BCUT2D eigenvalue weighted by Crippen LogP contribution is 2.28. The molecule has 2 aromatic rings. The Hall–Kier alpha value is -1.07. The van der Waals surface area contributed by atoms with Crippen molar-refractivity contribution in [3.63, 3.8) is 0 Å². The van der Waals surface area contributed by atoms with Crippen molar-refractivity contribution < 1.29 is 4.79 Å². The molecule has 24 heavy (non-hydrogen) atoms. The van der Waals surface area contributed by atoms with E-state index in [1.54, 1.807) is 18.2 Å². The Morgan fingerprint density at radius 2 is 2.08 bits per heavy atom. The molecule has 0 saturated heterocycles. The Balaban J connectivity index is 1.67. The molecule has 126 valence electrons. The van der Waals surface area contributed by atoms with Crippen molar-refractivity contribution in [2.24, 2.45) is 0 Å². The first-order valence-electron chi connectivity index (χ1n) is 7.65. The molecule has 0 saturated carbocycles. The van der Waals surface area contributed by atoms with Gasteiger partial charge in [-0.1, -0.05) is 51.3 Å². The maximum Gasteiger partial charge on any atom is 0.251 e. The SMILES string of the molecule is CN1Cc2cccc(Br)c2C[C@H]1CNC(=O)c1ccc(Cl)c(Cl)c1. The Labute approximate surface area is 160 Å². The highest BCUT2D eigenvalue weighted by Gasteiger charge is 2.25. The van der Waals surface area contributed by atoms with Gasteiger partial charge in [0.25, 0.3) is 5.91 Å². The lowest BCUT2D eigenvalue weighted by molar-refractivity contribution is 0.0934. The van der Waals surface area contributed by atoms with Crippen LogP contribution in [0.4, 0.5) is 0 Å². The van der Waals surface area contributed by atoms with E-state index in [1.807, 2.05) is 0 Å². The van der Waals surface area contributed by atoms with E-state index in [2.05, 4.69) is 51.4 Å². The molecule has 3 nitrogen and oxygen atoms in total. The van der Waals surface area contributed by atoms with E-state index in [0.717, 1.165) is 17.4 Å². The minimum absolute atomic E-state index is 0.139. The maximum atomic E-state index is 12.3. The van der Waals surface area contributed by atoms with E-state index < -0.39 is 0 Å². The summed E-state index contributed by atoms with van der Waals surface area (Å²) in [4.78, 5) is 14.6. The van der Waals surface area contributed by atoms with Gasteiger partial charge in [0.15, 0.2) is 0 Å². The smallest absolute Gasteiger partial charge is 0.251 e. The van der Waals surface area contributed by atoms with E-state index in [0.29, 0.717) is 22.2 Å². The van der Waals surface area contributed by atoms with Crippen molar-refractivity contribution in [2.45, 2.75) is 19.0 Å². The fraction of sp³-hybridized carbons (Fsp3) is 0.278. The number of nitrogens with one attached hydrogen (secondary N) is 1. The average Bonchev–Trinajstić information content (AvgIpc) is 2.55. The summed E-state index contributed by atoms with van der Waals surface area (Å²) in [6.07, 6.45) is 0.898. The van der Waals surface area contributed by atoms with Gasteiger partial charge in [0.2, 0.25) is 0 Å². The van der Waals surface area contributed by atoms with Crippen LogP contribution >= 0.6 is 39.1 Å². The fourth-order valence-electron chi connectivity index (χ4n) is 2.95. The van der Waals surface area contributed by atoms with E-state index in [9.17, 15) is 4.79 Å². The van der Waals surface area contributed by atoms with Gasteiger partial charge in [-0.15, -0.1) is 0 Å². The monoisotopic (exact) mass is 426 g/mol. The molecule has 0 unspecified atom stereocenters. The summed E-state index contributed by atoms with van der Waals surface area (Å²) in [6, 6.07) is 11.4. The fourth-order valence-corrected chi connectivity index (χ4v) is 3.81. The number of carbonyl (C=O) groups is 1. The number of rotatable bonds is 3. The van der Waals surface area contributed by atoms with Crippen LogP contribution in [0.15, 0.2) is 40.9 Å². The number of carbonyl (C=O) groups excluding carboxylic acids is 1. The molecule has 1 aliphatic rings. The van der Waals surface area contributed by atoms with Crippen molar-refractivity contribution in [1.29, 1.82) is 0 Å². The highest BCUT2D eigenvalue weighted by atomic mass is 79.9. The molecular formula is C18H17BrCl2N2O. The molecule has 6 heteroatoms. The second-order valence-electron chi connectivity index (χ2n) is 5.99. The Morgan fingerprint density at radius 3 is 2.83 bits per heavy atom. The third-order valence-electron chi connectivity index (χ3n) is 4.38. The molecule has 0 aromatic heterocycles. The normalized spacial score (nSPS) is 17.4. The highest BCUT2D eigenvalue weighted by molar-refractivity contribution is 9.10. The zero-order chi connectivity index (χ0) is 17.3. The second-order valence-corrected chi connectivity index (χ2v) is 7.66. The molecule has 0 aliphatic carbocycles. The van der Waals surface area contributed by atoms with Gasteiger partial charge in [0, 0.05) is 29.2 Å². The van der Waals surface area contributed by atoms with Crippen molar-refractivity contribution >= 4 is 45.0 Å². The Kier molecular flexibility index (Phi) is 5.50. The lowest BCUT2D eigenvalue weighted by atomic mass is 9.94. The van der Waals surface area contributed by atoms with Gasteiger partial charge >= 0.3 is 0 Å². The lowest BCUT2D eigenvalue weighted by Crippen LogP contribution is -2.45. The zero-order valence-electron chi connectivity index (χ0n) is 13.2. The number of halogens is 3. The van der Waals surface area contributed by atoms with Crippen LogP contribution in [0.5, 0.6) is 0 Å². The van der Waals surface area contributed by atoms with E-state index in [-0.39, 0.29) is 11.9 Å². The van der Waals surface area contributed by atoms with Crippen LogP contribution in [-0.2, 0) is 13.0 Å². The topological polar surface area (TPSA) is 32.3 Å². The molecule has 0 fully saturated rings. The molecule has 1 N–H and O–H groups in total. The summed E-state index contributed by atoms with van der Waals surface area (Å²) in [6.45, 7) is 1.46. The minimum Gasteiger partial charge on any atom is -0.350 e. The number of hydrogen-bond acceptors (Lipinski definition) is 2. The second kappa shape index (κ2) is 7.44. The number of likely N-dealkylation sites (N-methyl/N-ethyl adjacent to an activating group) is 1. The molecule has 0 radical (unpaired) electrons. The first-order chi connectivity index (χ1) is 11.5. The van der Waals surface area contributed by atoms with Gasteiger partial charge in [0.05, 0.1) is 10.0 Å². The molecule has 1 atom stereocenters. The van der Waals surface area contributed by atoms with E-state index >= 15 is 0 Å². The Bertz CT molecular complexity index is 782. The minimum atomic E-state index is -0.139. The lowest BCUT2D eigenvalue weighted by Gasteiger charge is -2.34. The summed E-state index contributed by atoms with van der Waals surface area (Å²) < 4.78 is 1.13. The first-order valence-corrected chi connectivity index (χ1v) is 9.20. The van der Waals surface area contributed by atoms with Crippen LogP contribution in [0.2, 0.25) is 10.0 Å². The van der Waals surface area contributed by atoms with Crippen molar-refractivity contribution in [3.05, 3.63) is 67.6 Å². The van der Waals surface area contributed by atoms with Gasteiger partial charge in [0.1, 0.15) is 0 Å². The van der Waals surface area contributed by atoms with Crippen LogP contribution in [0.25, 0.3) is 0 Å². The first kappa shape index (κ1) is 17.7. The number of fused-ring (bicyclic) bond motifs is 1. The number of nitrogens with zero attached hydrogens (tertiary/aromatic N) is 1. The molecule has 0 bridgehead atoms. The van der Waals surface area contributed by atoms with Crippen molar-refractivity contribution in [2.75, 3.05) is 13.6 Å². The van der Waals surface area contributed by atoms with Gasteiger partial charge in [-0.05, 0) is 48.9 Å². The summed E-state index contributed by atoms with van der Waals surface area (Å²) in [5.74, 6) is -0.139. The molecular weight excluding hydrogens is 411 g/mol. The third-order valence-corrected chi connectivity index (χ3v) is 5.86. The van der Waals surface area contributed by atoms with E-state index in [4.69, 9.17) is 23.2 Å². The maximum absolute atomic E-state index is 12.3. The summed E-state index contributed by atoms with van der Waals surface area (Å²) in [5, 5.41) is 3.83. The number of benzene rings is 2. The van der Waals surface area contributed by atoms with Crippen molar-refractivity contribution in [1.82, 2.24) is 10.2 Å². The predicted molar refractivity (Wildman–Crippen MR) is 102 cm³/mol. The van der Waals surface area contributed by atoms with Gasteiger partial charge < -0.3 is 5.32 Å². The summed E-state index contributed by atoms with van der Waals surface area (Å²) in [5.41, 5.74) is 3.17. The van der Waals surface area contributed by atoms with Crippen LogP contribution in [0.1, 0.15) is 21.5 Å². The Morgan fingerprint density at radius 1 is 1.29 bits per heavy atom. The molecule has 2 aromatic carbocycles. The van der Waals surface area contributed by atoms with Gasteiger partial charge in [-0.25, -0.2) is 0 Å². The predicted octanol–water partition coefficient (Wildman–Crippen LogP) is 4.54. The third kappa shape index (κ3) is 3.77. The largest absolute Gasteiger partial charge is 0.350 e. The average molecular weight is 428 g/mol.